The van der Waals surface area contributed by atoms with Crippen molar-refractivity contribution < 1.29 is 19.1 Å². The number of carbonyl (C=O) groups excluding carboxylic acids is 2. The van der Waals surface area contributed by atoms with Crippen LogP contribution in [-0.4, -0.2) is 30.1 Å². The molecule has 0 aliphatic heterocycles. The quantitative estimate of drug-likeness (QED) is 0.452. The first-order valence-electron chi connectivity index (χ1n) is 7.04. The minimum absolute atomic E-state index is 0.137. The average Bonchev–Trinajstić information content (AvgIpc) is 2.23. The molecule has 4 nitrogen and oxygen atoms in total. The van der Waals surface area contributed by atoms with Crippen LogP contribution in [0.15, 0.2) is 12.2 Å². The Kier molecular flexibility index (Phi) is 5.14. The molecule has 4 heteroatoms. The lowest BCUT2D eigenvalue weighted by atomic mass is 9.68. The lowest BCUT2D eigenvalue weighted by Gasteiger charge is -2.46. The summed E-state index contributed by atoms with van der Waals surface area (Å²) in [5.41, 5.74) is 0.259. The molecule has 20 heavy (non-hydrogen) atoms. The number of ether oxygens (including phenoxy) is 2. The first-order valence-corrected chi connectivity index (χ1v) is 7.04. The van der Waals surface area contributed by atoms with Crippen LogP contribution in [0.3, 0.4) is 0 Å². The van der Waals surface area contributed by atoms with Gasteiger partial charge in [-0.1, -0.05) is 13.5 Å². The van der Waals surface area contributed by atoms with Gasteiger partial charge in [0.1, 0.15) is 12.4 Å². The minimum Gasteiger partial charge on any atom is -0.458 e. The second-order valence-corrected chi connectivity index (χ2v) is 6.91. The Morgan fingerprint density at radius 2 is 2.10 bits per heavy atom. The second kappa shape index (κ2) is 6.08. The van der Waals surface area contributed by atoms with Gasteiger partial charge in [-0.25, -0.2) is 0 Å². The van der Waals surface area contributed by atoms with Gasteiger partial charge in [0.25, 0.3) is 0 Å². The Morgan fingerprint density at radius 3 is 2.55 bits per heavy atom. The van der Waals surface area contributed by atoms with Crippen LogP contribution in [-0.2, 0) is 19.1 Å². The lowest BCUT2D eigenvalue weighted by molar-refractivity contribution is -0.162. The van der Waals surface area contributed by atoms with E-state index >= 15 is 0 Å². The molecule has 0 unspecified atom stereocenters. The van der Waals surface area contributed by atoms with Gasteiger partial charge in [-0.15, -0.1) is 0 Å². The molecule has 0 heterocycles. The zero-order chi connectivity index (χ0) is 15.6. The van der Waals surface area contributed by atoms with Gasteiger partial charge < -0.3 is 14.3 Å². The minimum atomic E-state index is -0.320. The topological polar surface area (TPSA) is 52.6 Å². The van der Waals surface area contributed by atoms with Crippen molar-refractivity contribution in [3.63, 3.8) is 0 Å². The SMILES string of the molecule is C=C1C[C@](C)(CC=O)[C@@H](OC(C)(C)C)C[C@@H]1OC(C)=O. The highest BCUT2D eigenvalue weighted by Crippen LogP contribution is 2.44. The molecule has 3 atom stereocenters. The molecule has 0 amide bonds. The van der Waals surface area contributed by atoms with E-state index in [1.807, 2.05) is 27.7 Å². The molecule has 0 aromatic rings. The summed E-state index contributed by atoms with van der Waals surface area (Å²) in [5, 5.41) is 0. The fraction of sp³-hybridized carbons (Fsp3) is 0.750. The summed E-state index contributed by atoms with van der Waals surface area (Å²) in [6, 6.07) is 0. The van der Waals surface area contributed by atoms with Gasteiger partial charge >= 0.3 is 5.97 Å². The maximum atomic E-state index is 11.2. The summed E-state index contributed by atoms with van der Waals surface area (Å²) in [5.74, 6) is -0.315. The van der Waals surface area contributed by atoms with Crippen LogP contribution < -0.4 is 0 Å². The van der Waals surface area contributed by atoms with Crippen molar-refractivity contribution in [3.8, 4) is 0 Å². The predicted molar refractivity (Wildman–Crippen MR) is 77.3 cm³/mol. The highest BCUT2D eigenvalue weighted by atomic mass is 16.5. The van der Waals surface area contributed by atoms with Crippen LogP contribution in [0.5, 0.6) is 0 Å². The van der Waals surface area contributed by atoms with Crippen molar-refractivity contribution >= 4 is 12.3 Å². The van der Waals surface area contributed by atoms with Crippen molar-refractivity contribution in [2.24, 2.45) is 5.41 Å². The van der Waals surface area contributed by atoms with E-state index in [-0.39, 0.29) is 29.2 Å². The molecule has 1 rings (SSSR count). The third-order valence-corrected chi connectivity index (χ3v) is 3.65. The van der Waals surface area contributed by atoms with Crippen LogP contribution in [0.4, 0.5) is 0 Å². The summed E-state index contributed by atoms with van der Waals surface area (Å²) < 4.78 is 11.4. The highest BCUT2D eigenvalue weighted by molar-refractivity contribution is 5.66. The van der Waals surface area contributed by atoms with E-state index in [9.17, 15) is 9.59 Å². The number of hydrogen-bond acceptors (Lipinski definition) is 4. The molecule has 0 saturated heterocycles. The molecule has 0 spiro atoms. The van der Waals surface area contributed by atoms with Gasteiger partial charge in [-0.05, 0) is 32.8 Å². The van der Waals surface area contributed by atoms with Crippen molar-refractivity contribution in [1.29, 1.82) is 0 Å². The van der Waals surface area contributed by atoms with E-state index in [4.69, 9.17) is 9.47 Å². The Hall–Kier alpha value is -1.16. The van der Waals surface area contributed by atoms with Gasteiger partial charge in [-0.3, -0.25) is 4.79 Å². The Morgan fingerprint density at radius 1 is 1.50 bits per heavy atom. The molecular weight excluding hydrogens is 256 g/mol. The van der Waals surface area contributed by atoms with Gasteiger partial charge in [0.15, 0.2) is 0 Å². The van der Waals surface area contributed by atoms with Gasteiger partial charge in [0, 0.05) is 25.2 Å². The largest absolute Gasteiger partial charge is 0.458 e. The Bertz CT molecular complexity index is 394. The number of esters is 1. The fourth-order valence-corrected chi connectivity index (χ4v) is 2.73. The molecular formula is C16H26O4. The fourth-order valence-electron chi connectivity index (χ4n) is 2.73. The number of carbonyl (C=O) groups is 2. The van der Waals surface area contributed by atoms with Crippen LogP contribution in [0.25, 0.3) is 0 Å². The third-order valence-electron chi connectivity index (χ3n) is 3.65. The molecule has 1 saturated carbocycles. The molecule has 0 aromatic carbocycles. The molecule has 1 aliphatic rings. The van der Waals surface area contributed by atoms with E-state index in [1.165, 1.54) is 6.92 Å². The van der Waals surface area contributed by atoms with Crippen molar-refractivity contribution in [3.05, 3.63) is 12.2 Å². The normalized spacial score (nSPS) is 30.9. The van der Waals surface area contributed by atoms with E-state index in [2.05, 4.69) is 6.58 Å². The predicted octanol–water partition coefficient (Wildman–Crippen LogP) is 3.05. The maximum Gasteiger partial charge on any atom is 0.303 e. The molecule has 0 radical (unpaired) electrons. The molecule has 0 aromatic heterocycles. The van der Waals surface area contributed by atoms with Gasteiger partial charge in [-0.2, -0.15) is 0 Å². The summed E-state index contributed by atoms with van der Waals surface area (Å²) >= 11 is 0. The molecule has 0 bridgehead atoms. The Labute approximate surface area is 121 Å². The van der Waals surface area contributed by atoms with Crippen LogP contribution in [0.1, 0.15) is 53.9 Å². The summed E-state index contributed by atoms with van der Waals surface area (Å²) in [6.07, 6.45) is 2.07. The molecule has 1 fully saturated rings. The monoisotopic (exact) mass is 282 g/mol. The average molecular weight is 282 g/mol. The van der Waals surface area contributed by atoms with Crippen molar-refractivity contribution in [1.82, 2.24) is 0 Å². The number of rotatable bonds is 4. The van der Waals surface area contributed by atoms with E-state index < -0.39 is 0 Å². The molecule has 0 N–H and O–H groups in total. The summed E-state index contributed by atoms with van der Waals surface area (Å²) in [7, 11) is 0. The van der Waals surface area contributed by atoms with Crippen LogP contribution in [0.2, 0.25) is 0 Å². The van der Waals surface area contributed by atoms with Crippen LogP contribution in [0, 0.1) is 5.41 Å². The summed E-state index contributed by atoms with van der Waals surface area (Å²) in [6.45, 7) is 13.4. The highest BCUT2D eigenvalue weighted by Gasteiger charge is 2.44. The van der Waals surface area contributed by atoms with Gasteiger partial charge in [0.2, 0.25) is 0 Å². The van der Waals surface area contributed by atoms with E-state index in [0.29, 0.717) is 19.3 Å². The van der Waals surface area contributed by atoms with Crippen LogP contribution >= 0.6 is 0 Å². The number of aldehydes is 1. The number of hydrogen-bond donors (Lipinski definition) is 0. The summed E-state index contributed by atoms with van der Waals surface area (Å²) in [4.78, 5) is 22.2. The first-order chi connectivity index (χ1) is 9.07. The third kappa shape index (κ3) is 4.44. The van der Waals surface area contributed by atoms with E-state index in [0.717, 1.165) is 11.9 Å². The zero-order valence-electron chi connectivity index (χ0n) is 13.2. The second-order valence-electron chi connectivity index (χ2n) is 6.91. The first kappa shape index (κ1) is 16.9. The smallest absolute Gasteiger partial charge is 0.303 e. The zero-order valence-corrected chi connectivity index (χ0v) is 13.2. The lowest BCUT2D eigenvalue weighted by Crippen LogP contribution is -2.47. The van der Waals surface area contributed by atoms with Crippen molar-refractivity contribution in [2.75, 3.05) is 0 Å². The molecule has 1 aliphatic carbocycles. The van der Waals surface area contributed by atoms with Crippen molar-refractivity contribution in [2.45, 2.75) is 71.7 Å². The Balaban J connectivity index is 2.94. The van der Waals surface area contributed by atoms with Gasteiger partial charge in [0.05, 0.1) is 11.7 Å². The maximum absolute atomic E-state index is 11.2. The molecule has 114 valence electrons. The van der Waals surface area contributed by atoms with E-state index in [1.54, 1.807) is 0 Å². The standard InChI is InChI=1S/C16H26O4/c1-11-10-16(6,7-8-17)14(20-15(3,4)5)9-13(11)19-12(2)18/h8,13-14H,1,7,9-10H2,2-6H3/t13-,14-,16-/m0/s1.